The van der Waals surface area contributed by atoms with Gasteiger partial charge in [-0.2, -0.15) is 13.2 Å². The van der Waals surface area contributed by atoms with Gasteiger partial charge in [0.25, 0.3) is 0 Å². The highest BCUT2D eigenvalue weighted by atomic mass is 19.4. The molecule has 0 aliphatic carbocycles. The zero-order chi connectivity index (χ0) is 14.3. The molecule has 0 aromatic heterocycles. The van der Waals surface area contributed by atoms with Gasteiger partial charge in [0.15, 0.2) is 0 Å². The Hall–Kier alpha value is -1.19. The average Bonchev–Trinajstić information content (AvgIpc) is 2.38. The van der Waals surface area contributed by atoms with Crippen LogP contribution in [0.5, 0.6) is 5.75 Å². The summed E-state index contributed by atoms with van der Waals surface area (Å²) in [4.78, 5) is 0. The Balaban J connectivity index is 2.54. The third-order valence-corrected chi connectivity index (χ3v) is 3.31. The zero-order valence-electron chi connectivity index (χ0n) is 11.5. The molecule has 0 radical (unpaired) electrons. The molecule has 0 spiro atoms. The minimum atomic E-state index is -4.08. The quantitative estimate of drug-likeness (QED) is 0.680. The summed E-state index contributed by atoms with van der Waals surface area (Å²) in [6, 6.07) is 7.21. The molecular formula is C15H21F3O. The van der Waals surface area contributed by atoms with E-state index in [0.717, 1.165) is 17.7 Å². The number of benzene rings is 1. The molecule has 0 aliphatic heterocycles. The summed E-state index contributed by atoms with van der Waals surface area (Å²) in [7, 11) is 1.57. The third kappa shape index (κ3) is 5.53. The van der Waals surface area contributed by atoms with Crippen LogP contribution >= 0.6 is 0 Å². The number of hydrogen-bond donors (Lipinski definition) is 0. The third-order valence-electron chi connectivity index (χ3n) is 3.31. The Bertz CT molecular complexity index is 357. The second-order valence-corrected chi connectivity index (χ2v) is 4.77. The number of hydrogen-bond acceptors (Lipinski definition) is 1. The van der Waals surface area contributed by atoms with Gasteiger partial charge >= 0.3 is 6.18 Å². The molecule has 0 fully saturated rings. The minimum absolute atomic E-state index is 0.163. The molecule has 0 saturated carbocycles. The van der Waals surface area contributed by atoms with Crippen LogP contribution in [0.1, 0.15) is 38.2 Å². The van der Waals surface area contributed by atoms with Gasteiger partial charge in [0.2, 0.25) is 0 Å². The molecule has 0 bridgehead atoms. The summed E-state index contributed by atoms with van der Waals surface area (Å²) in [5, 5.41) is 0. The molecule has 0 N–H and O–H groups in total. The fraction of sp³-hybridized carbons (Fsp3) is 0.600. The predicted molar refractivity (Wildman–Crippen MR) is 70.4 cm³/mol. The molecule has 0 aliphatic rings. The Morgan fingerprint density at radius 2 is 1.74 bits per heavy atom. The summed E-state index contributed by atoms with van der Waals surface area (Å²) in [6.45, 7) is 1.91. The van der Waals surface area contributed by atoms with Crippen molar-refractivity contribution in [2.24, 2.45) is 5.92 Å². The molecule has 1 unspecified atom stereocenters. The summed E-state index contributed by atoms with van der Waals surface area (Å²) in [6.07, 6.45) is -1.80. The van der Waals surface area contributed by atoms with E-state index in [1.165, 1.54) is 0 Å². The van der Waals surface area contributed by atoms with Crippen LogP contribution in [0.15, 0.2) is 24.3 Å². The molecule has 1 aromatic rings. The van der Waals surface area contributed by atoms with E-state index in [2.05, 4.69) is 0 Å². The highest BCUT2D eigenvalue weighted by molar-refractivity contribution is 5.27. The number of rotatable bonds is 7. The van der Waals surface area contributed by atoms with Crippen LogP contribution in [0, 0.1) is 5.92 Å². The molecule has 1 aromatic carbocycles. The largest absolute Gasteiger partial charge is 0.497 e. The van der Waals surface area contributed by atoms with E-state index in [1.54, 1.807) is 19.2 Å². The van der Waals surface area contributed by atoms with Crippen molar-refractivity contribution in [3.63, 3.8) is 0 Å². The number of unbranched alkanes of at least 4 members (excludes halogenated alkanes) is 1. The maximum Gasteiger partial charge on any atom is 0.391 e. The van der Waals surface area contributed by atoms with Crippen LogP contribution in [0.25, 0.3) is 0 Å². The van der Waals surface area contributed by atoms with Gasteiger partial charge in [0.1, 0.15) is 5.75 Å². The number of halogens is 3. The van der Waals surface area contributed by atoms with Crippen molar-refractivity contribution in [2.45, 2.75) is 45.2 Å². The molecule has 1 rings (SSSR count). The van der Waals surface area contributed by atoms with Gasteiger partial charge in [-0.25, -0.2) is 0 Å². The van der Waals surface area contributed by atoms with E-state index < -0.39 is 12.1 Å². The highest BCUT2D eigenvalue weighted by Gasteiger charge is 2.38. The van der Waals surface area contributed by atoms with Crippen LogP contribution in [0.4, 0.5) is 13.2 Å². The summed E-state index contributed by atoms with van der Waals surface area (Å²) < 4.78 is 43.6. The first-order chi connectivity index (χ1) is 8.97. The average molecular weight is 274 g/mol. The smallest absolute Gasteiger partial charge is 0.391 e. The summed E-state index contributed by atoms with van der Waals surface area (Å²) in [5.74, 6) is -0.461. The van der Waals surface area contributed by atoms with Crippen LogP contribution < -0.4 is 4.74 Å². The van der Waals surface area contributed by atoms with Crippen molar-refractivity contribution in [1.29, 1.82) is 0 Å². The first-order valence-electron chi connectivity index (χ1n) is 6.67. The second kappa shape index (κ2) is 7.41. The number of ether oxygens (including phenoxy) is 1. The molecule has 19 heavy (non-hydrogen) atoms. The Morgan fingerprint density at radius 1 is 1.11 bits per heavy atom. The maximum atomic E-state index is 12.8. The van der Waals surface area contributed by atoms with E-state index >= 15 is 0 Å². The molecule has 1 atom stereocenters. The first-order valence-corrected chi connectivity index (χ1v) is 6.67. The zero-order valence-corrected chi connectivity index (χ0v) is 11.5. The van der Waals surface area contributed by atoms with Gasteiger partial charge in [-0.05, 0) is 37.0 Å². The fourth-order valence-corrected chi connectivity index (χ4v) is 2.06. The normalized spacial score (nSPS) is 13.3. The van der Waals surface area contributed by atoms with Crippen molar-refractivity contribution >= 4 is 0 Å². The van der Waals surface area contributed by atoms with E-state index in [9.17, 15) is 13.2 Å². The summed E-state index contributed by atoms with van der Waals surface area (Å²) in [5.41, 5.74) is 0.923. The van der Waals surface area contributed by atoms with E-state index in [0.29, 0.717) is 12.8 Å². The standard InChI is InChI=1S/C15H21F3O/c1-3-4-5-13(15(16,17)18)9-6-12-7-10-14(19-2)11-8-12/h7-8,10-11,13H,3-6,9H2,1-2H3. The molecule has 0 saturated heterocycles. The van der Waals surface area contributed by atoms with Gasteiger partial charge in [-0.1, -0.05) is 31.9 Å². The van der Waals surface area contributed by atoms with Gasteiger partial charge in [-0.15, -0.1) is 0 Å². The van der Waals surface area contributed by atoms with Crippen LogP contribution in [0.2, 0.25) is 0 Å². The minimum Gasteiger partial charge on any atom is -0.497 e. The van der Waals surface area contributed by atoms with Crippen molar-refractivity contribution < 1.29 is 17.9 Å². The topological polar surface area (TPSA) is 9.23 Å². The number of alkyl halides is 3. The molecule has 0 amide bonds. The molecule has 108 valence electrons. The summed E-state index contributed by atoms with van der Waals surface area (Å²) >= 11 is 0. The SMILES string of the molecule is CCCCC(CCc1ccc(OC)cc1)C(F)(F)F. The molecule has 0 heterocycles. The monoisotopic (exact) mass is 274 g/mol. The van der Waals surface area contributed by atoms with Gasteiger partial charge in [0, 0.05) is 0 Å². The lowest BCUT2D eigenvalue weighted by molar-refractivity contribution is -0.178. The van der Waals surface area contributed by atoms with Crippen molar-refractivity contribution in [1.82, 2.24) is 0 Å². The Morgan fingerprint density at radius 3 is 2.21 bits per heavy atom. The van der Waals surface area contributed by atoms with Crippen LogP contribution in [-0.4, -0.2) is 13.3 Å². The van der Waals surface area contributed by atoms with Gasteiger partial charge in [0.05, 0.1) is 13.0 Å². The molecule has 1 nitrogen and oxygen atoms in total. The second-order valence-electron chi connectivity index (χ2n) is 4.77. The Kier molecular flexibility index (Phi) is 6.19. The van der Waals surface area contributed by atoms with E-state index in [1.807, 2.05) is 19.1 Å². The lowest BCUT2D eigenvalue weighted by Crippen LogP contribution is -2.23. The fourth-order valence-electron chi connectivity index (χ4n) is 2.06. The van der Waals surface area contributed by atoms with Crippen molar-refractivity contribution in [3.05, 3.63) is 29.8 Å². The maximum absolute atomic E-state index is 12.8. The first kappa shape index (κ1) is 15.9. The van der Waals surface area contributed by atoms with Crippen LogP contribution in [0.3, 0.4) is 0 Å². The lowest BCUT2D eigenvalue weighted by Gasteiger charge is -2.20. The Labute approximate surface area is 112 Å². The number of aryl methyl sites for hydroxylation is 1. The van der Waals surface area contributed by atoms with E-state index in [4.69, 9.17) is 4.74 Å². The van der Waals surface area contributed by atoms with Crippen molar-refractivity contribution in [3.8, 4) is 5.75 Å². The van der Waals surface area contributed by atoms with Gasteiger partial charge < -0.3 is 4.74 Å². The van der Waals surface area contributed by atoms with Crippen molar-refractivity contribution in [2.75, 3.05) is 7.11 Å². The molecular weight excluding hydrogens is 253 g/mol. The lowest BCUT2D eigenvalue weighted by atomic mass is 9.94. The number of methoxy groups -OCH3 is 1. The predicted octanol–water partition coefficient (Wildman–Crippen LogP) is 5.00. The van der Waals surface area contributed by atoms with Gasteiger partial charge in [-0.3, -0.25) is 0 Å². The molecule has 4 heteroatoms. The highest BCUT2D eigenvalue weighted by Crippen LogP contribution is 2.33. The van der Waals surface area contributed by atoms with Crippen LogP contribution in [-0.2, 0) is 6.42 Å². The van der Waals surface area contributed by atoms with E-state index in [-0.39, 0.29) is 12.8 Å².